The van der Waals surface area contributed by atoms with Crippen LogP contribution in [0.3, 0.4) is 0 Å². The fourth-order valence-corrected chi connectivity index (χ4v) is 8.79. The summed E-state index contributed by atoms with van der Waals surface area (Å²) >= 11 is 1.82. The molecule has 0 bridgehead atoms. The van der Waals surface area contributed by atoms with E-state index in [4.69, 9.17) is 13.3 Å². The van der Waals surface area contributed by atoms with Crippen molar-refractivity contribution in [1.29, 1.82) is 0 Å². The first-order valence-electron chi connectivity index (χ1n) is 15.7. The maximum Gasteiger partial charge on any atom is 0.137 e. The Morgan fingerprint density at radius 1 is 0.362 bits per heavy atom. The SMILES string of the molecule is c1ccc2c(c1)oc1cc(N(c3cccc4c3sc3c4ccc4oc5ccccc5c43)c3cccc4oc5ccccc5c34)ccc12. The van der Waals surface area contributed by atoms with E-state index in [0.717, 1.165) is 77.5 Å². The van der Waals surface area contributed by atoms with Crippen LogP contribution in [0.25, 0.3) is 86.0 Å². The van der Waals surface area contributed by atoms with E-state index in [-0.39, 0.29) is 0 Å². The van der Waals surface area contributed by atoms with E-state index in [1.54, 1.807) is 0 Å². The topological polar surface area (TPSA) is 42.7 Å². The number of benzene rings is 7. The maximum atomic E-state index is 6.42. The largest absolute Gasteiger partial charge is 0.456 e. The number of fused-ring (bicyclic) bond motifs is 13. The summed E-state index contributed by atoms with van der Waals surface area (Å²) in [4.78, 5) is 2.37. The molecule has 4 aromatic heterocycles. The van der Waals surface area contributed by atoms with E-state index in [0.29, 0.717) is 0 Å². The number of para-hydroxylation sites is 3. The summed E-state index contributed by atoms with van der Waals surface area (Å²) < 4.78 is 21.5. The number of hydrogen-bond donors (Lipinski definition) is 0. The van der Waals surface area contributed by atoms with Crippen molar-refractivity contribution in [3.05, 3.63) is 140 Å². The van der Waals surface area contributed by atoms with Gasteiger partial charge in [0, 0.05) is 54.2 Å². The average Bonchev–Trinajstić information content (AvgIpc) is 3.88. The number of rotatable bonds is 3. The van der Waals surface area contributed by atoms with Crippen LogP contribution in [0.1, 0.15) is 0 Å². The molecule has 0 radical (unpaired) electrons. The van der Waals surface area contributed by atoms with Crippen molar-refractivity contribution in [2.75, 3.05) is 4.90 Å². The van der Waals surface area contributed by atoms with Crippen LogP contribution < -0.4 is 4.90 Å². The van der Waals surface area contributed by atoms with Gasteiger partial charge in [-0.05, 0) is 60.7 Å². The van der Waals surface area contributed by atoms with Crippen molar-refractivity contribution in [2.45, 2.75) is 0 Å². The van der Waals surface area contributed by atoms with Crippen LogP contribution in [-0.2, 0) is 0 Å². The summed E-state index contributed by atoms with van der Waals surface area (Å²) in [6.45, 7) is 0. The number of thiophene rings is 1. The molecule has 220 valence electrons. The minimum absolute atomic E-state index is 0.855. The first kappa shape index (κ1) is 25.2. The van der Waals surface area contributed by atoms with Crippen molar-refractivity contribution < 1.29 is 13.3 Å². The standard InChI is InChI=1S/C42H23NO3S/c1-4-15-33-25(9-1)26-20-19-24(23-38(26)46-33)43(31-13-8-18-36-39(31)29-10-2-5-16-34(29)44-36)32-14-7-12-27-28-21-22-37-40(42(28)47-41(27)32)30-11-3-6-17-35(30)45-37/h1-23H. The van der Waals surface area contributed by atoms with E-state index in [2.05, 4.69) is 108 Å². The lowest BCUT2D eigenvalue weighted by molar-refractivity contribution is 0.668. The third kappa shape index (κ3) is 3.46. The first-order chi connectivity index (χ1) is 23.3. The second-order valence-electron chi connectivity index (χ2n) is 12.0. The quantitative estimate of drug-likeness (QED) is 0.197. The summed E-state index contributed by atoms with van der Waals surface area (Å²) in [7, 11) is 0. The Bertz CT molecular complexity index is 3050. The number of furan rings is 3. The van der Waals surface area contributed by atoms with Gasteiger partial charge in [0.25, 0.3) is 0 Å². The lowest BCUT2D eigenvalue weighted by atomic mass is 10.1. The van der Waals surface area contributed by atoms with E-state index in [1.807, 2.05) is 47.7 Å². The van der Waals surface area contributed by atoms with E-state index >= 15 is 0 Å². The molecule has 0 spiro atoms. The van der Waals surface area contributed by atoms with Gasteiger partial charge in [-0.1, -0.05) is 72.8 Å². The molecule has 0 aliphatic carbocycles. The zero-order valence-corrected chi connectivity index (χ0v) is 25.7. The van der Waals surface area contributed by atoms with Crippen molar-refractivity contribution in [3.63, 3.8) is 0 Å². The highest BCUT2D eigenvalue weighted by molar-refractivity contribution is 7.27. The zero-order chi connectivity index (χ0) is 30.6. The molecule has 0 saturated carbocycles. The molecule has 0 aliphatic rings. The molecule has 0 saturated heterocycles. The van der Waals surface area contributed by atoms with Gasteiger partial charge < -0.3 is 18.2 Å². The second kappa shape index (κ2) is 9.25. The Labute approximate surface area is 271 Å². The minimum atomic E-state index is 0.855. The van der Waals surface area contributed by atoms with Gasteiger partial charge in [0.05, 0.1) is 21.5 Å². The van der Waals surface area contributed by atoms with Crippen molar-refractivity contribution >= 4 is 114 Å². The van der Waals surface area contributed by atoms with Crippen LogP contribution >= 0.6 is 11.3 Å². The van der Waals surface area contributed by atoms with Crippen LogP contribution in [0.4, 0.5) is 17.1 Å². The lowest BCUT2D eigenvalue weighted by Gasteiger charge is -2.26. The smallest absolute Gasteiger partial charge is 0.137 e. The lowest BCUT2D eigenvalue weighted by Crippen LogP contribution is -2.10. The summed E-state index contributed by atoms with van der Waals surface area (Å²) in [5, 5.41) is 9.14. The summed E-state index contributed by atoms with van der Waals surface area (Å²) in [6, 6.07) is 48.7. The van der Waals surface area contributed by atoms with Gasteiger partial charge in [-0.15, -0.1) is 11.3 Å². The van der Waals surface area contributed by atoms with Gasteiger partial charge >= 0.3 is 0 Å². The third-order valence-electron chi connectivity index (χ3n) is 9.47. The Morgan fingerprint density at radius 3 is 1.70 bits per heavy atom. The van der Waals surface area contributed by atoms with Gasteiger partial charge in [-0.3, -0.25) is 0 Å². The number of hydrogen-bond acceptors (Lipinski definition) is 5. The van der Waals surface area contributed by atoms with Gasteiger partial charge in [0.15, 0.2) is 0 Å². The van der Waals surface area contributed by atoms with Crippen LogP contribution in [-0.4, -0.2) is 0 Å². The Hall–Kier alpha value is -6.04. The maximum absolute atomic E-state index is 6.42. The summed E-state index contributed by atoms with van der Waals surface area (Å²) in [6.07, 6.45) is 0. The van der Waals surface area contributed by atoms with Crippen LogP contribution in [0.2, 0.25) is 0 Å². The first-order valence-corrected chi connectivity index (χ1v) is 16.5. The highest BCUT2D eigenvalue weighted by Crippen LogP contribution is 2.50. The van der Waals surface area contributed by atoms with Gasteiger partial charge in [-0.2, -0.15) is 0 Å². The molecule has 0 amide bonds. The Kier molecular flexibility index (Phi) is 4.96. The Balaban J connectivity index is 1.25. The molecule has 0 aliphatic heterocycles. The third-order valence-corrected chi connectivity index (χ3v) is 10.7. The van der Waals surface area contributed by atoms with Gasteiger partial charge in [-0.25, -0.2) is 0 Å². The molecule has 7 aromatic carbocycles. The minimum Gasteiger partial charge on any atom is -0.456 e. The molecule has 0 unspecified atom stereocenters. The Morgan fingerprint density at radius 2 is 0.894 bits per heavy atom. The van der Waals surface area contributed by atoms with Gasteiger partial charge in [0.1, 0.15) is 33.5 Å². The van der Waals surface area contributed by atoms with Crippen LogP contribution in [0.5, 0.6) is 0 Å². The molecule has 0 fully saturated rings. The van der Waals surface area contributed by atoms with E-state index < -0.39 is 0 Å². The molecule has 11 aromatic rings. The molecule has 5 heteroatoms. The van der Waals surface area contributed by atoms with Crippen LogP contribution in [0, 0.1) is 0 Å². The van der Waals surface area contributed by atoms with E-state index in [9.17, 15) is 0 Å². The highest BCUT2D eigenvalue weighted by Gasteiger charge is 2.24. The van der Waals surface area contributed by atoms with Crippen molar-refractivity contribution in [2.24, 2.45) is 0 Å². The normalized spacial score (nSPS) is 12.3. The summed E-state index contributed by atoms with van der Waals surface area (Å²) in [5.74, 6) is 0. The number of nitrogens with zero attached hydrogens (tertiary/aromatic N) is 1. The molecule has 0 N–H and O–H groups in total. The zero-order valence-electron chi connectivity index (χ0n) is 24.9. The molecule has 0 atom stereocenters. The fourth-order valence-electron chi connectivity index (χ4n) is 7.43. The molecule has 4 nitrogen and oxygen atoms in total. The number of anilines is 3. The summed E-state index contributed by atoms with van der Waals surface area (Å²) in [5.41, 5.74) is 8.44. The predicted molar refractivity (Wildman–Crippen MR) is 196 cm³/mol. The monoisotopic (exact) mass is 621 g/mol. The molecule has 4 heterocycles. The van der Waals surface area contributed by atoms with Crippen molar-refractivity contribution in [3.8, 4) is 0 Å². The molecular weight excluding hydrogens is 599 g/mol. The second-order valence-corrected chi connectivity index (χ2v) is 13.1. The average molecular weight is 622 g/mol. The molecule has 47 heavy (non-hydrogen) atoms. The molecular formula is C42H23NO3S. The van der Waals surface area contributed by atoms with E-state index in [1.165, 1.54) is 25.6 Å². The van der Waals surface area contributed by atoms with Crippen molar-refractivity contribution in [1.82, 2.24) is 0 Å². The van der Waals surface area contributed by atoms with Gasteiger partial charge in [0.2, 0.25) is 0 Å². The van der Waals surface area contributed by atoms with Crippen LogP contribution in [0.15, 0.2) is 153 Å². The fraction of sp³-hybridized carbons (Fsp3) is 0. The predicted octanol–water partition coefficient (Wildman–Crippen LogP) is 13.2. The highest BCUT2D eigenvalue weighted by atomic mass is 32.1. The molecule has 11 rings (SSSR count).